The Morgan fingerprint density at radius 3 is 2.26 bits per heavy atom. The Morgan fingerprint density at radius 2 is 1.63 bits per heavy atom. The van der Waals surface area contributed by atoms with E-state index in [-0.39, 0.29) is 22.5 Å². The highest BCUT2D eigenvalue weighted by Gasteiger charge is 2.43. The van der Waals surface area contributed by atoms with Crippen LogP contribution in [0, 0.1) is 6.92 Å². The quantitative estimate of drug-likeness (QED) is 0.342. The third-order valence-corrected chi connectivity index (χ3v) is 6.54. The van der Waals surface area contributed by atoms with Crippen molar-refractivity contribution in [1.29, 1.82) is 0 Å². The molecule has 0 spiro atoms. The number of nitrogens with zero attached hydrogens (tertiary/aromatic N) is 1. The summed E-state index contributed by atoms with van der Waals surface area (Å²) in [6.45, 7) is 10.9. The number of fused-ring (bicyclic) bond motifs is 2. The molecule has 5 heteroatoms. The van der Waals surface area contributed by atoms with Crippen LogP contribution in [-0.4, -0.2) is 12.5 Å². The van der Waals surface area contributed by atoms with Gasteiger partial charge >= 0.3 is 0 Å². The largest absolute Gasteiger partial charge is 0.494 e. The number of benzene rings is 3. The molecule has 1 aliphatic heterocycles. The first-order valence-corrected chi connectivity index (χ1v) is 11.9. The second-order valence-corrected chi connectivity index (χ2v) is 10.1. The van der Waals surface area contributed by atoms with Crippen molar-refractivity contribution < 1.29 is 13.9 Å². The first-order chi connectivity index (χ1) is 16.7. The van der Waals surface area contributed by atoms with E-state index < -0.39 is 6.04 Å². The van der Waals surface area contributed by atoms with Gasteiger partial charge in [-0.3, -0.25) is 14.5 Å². The van der Waals surface area contributed by atoms with Gasteiger partial charge in [0.1, 0.15) is 11.3 Å². The van der Waals surface area contributed by atoms with Crippen molar-refractivity contribution in [2.24, 2.45) is 0 Å². The van der Waals surface area contributed by atoms with E-state index in [1.54, 1.807) is 11.0 Å². The van der Waals surface area contributed by atoms with E-state index in [0.29, 0.717) is 28.8 Å². The van der Waals surface area contributed by atoms with E-state index in [1.807, 2.05) is 62.4 Å². The van der Waals surface area contributed by atoms with Gasteiger partial charge in [0.05, 0.1) is 23.6 Å². The van der Waals surface area contributed by atoms with Crippen LogP contribution in [0.3, 0.4) is 0 Å². The fraction of sp³-hybridized carbons (Fsp3) is 0.267. The molecule has 4 aromatic rings. The topological polar surface area (TPSA) is 59.8 Å². The van der Waals surface area contributed by atoms with E-state index >= 15 is 0 Å². The first-order valence-electron chi connectivity index (χ1n) is 11.9. The number of anilines is 1. The number of ether oxygens (including phenoxy) is 1. The SMILES string of the molecule is CCOc1ccc(N2C(=O)c3oc4ccc(C)cc4c(=O)c3C2c2ccc(C(C)(C)C)cc2)cc1. The predicted molar refractivity (Wildman–Crippen MR) is 139 cm³/mol. The number of rotatable bonds is 4. The molecule has 1 aromatic heterocycles. The summed E-state index contributed by atoms with van der Waals surface area (Å²) in [7, 11) is 0. The molecule has 0 bridgehead atoms. The molecule has 0 saturated carbocycles. The normalized spacial score (nSPS) is 15.5. The first kappa shape index (κ1) is 22.9. The molecule has 5 nitrogen and oxygen atoms in total. The lowest BCUT2D eigenvalue weighted by atomic mass is 9.86. The average molecular weight is 468 g/mol. The fourth-order valence-electron chi connectivity index (χ4n) is 4.70. The number of carbonyl (C=O) groups is 1. The Bertz CT molecular complexity index is 1470. The molecule has 35 heavy (non-hydrogen) atoms. The number of hydrogen-bond donors (Lipinski definition) is 0. The van der Waals surface area contributed by atoms with Crippen molar-refractivity contribution >= 4 is 22.6 Å². The van der Waals surface area contributed by atoms with Gasteiger partial charge in [-0.15, -0.1) is 0 Å². The standard InChI is InChI=1S/C30H29NO4/c1-6-34-22-14-12-21(13-15-22)31-26(19-8-10-20(11-9-19)30(3,4)5)25-27(32)23-17-18(2)7-16-24(23)35-28(25)29(31)33/h7-17,26H,6H2,1-5H3. The van der Waals surface area contributed by atoms with Crippen molar-refractivity contribution in [3.63, 3.8) is 0 Å². The van der Waals surface area contributed by atoms with Crippen molar-refractivity contribution in [1.82, 2.24) is 0 Å². The third-order valence-electron chi connectivity index (χ3n) is 6.54. The number of amides is 1. The minimum Gasteiger partial charge on any atom is -0.494 e. The van der Waals surface area contributed by atoms with Gasteiger partial charge in [0.25, 0.3) is 5.91 Å². The van der Waals surface area contributed by atoms with E-state index in [4.69, 9.17) is 9.15 Å². The van der Waals surface area contributed by atoms with Gasteiger partial charge in [-0.2, -0.15) is 0 Å². The van der Waals surface area contributed by atoms with E-state index in [1.165, 1.54) is 5.56 Å². The van der Waals surface area contributed by atoms with Crippen LogP contribution in [0.4, 0.5) is 5.69 Å². The molecule has 2 heterocycles. The lowest BCUT2D eigenvalue weighted by Crippen LogP contribution is -2.29. The van der Waals surface area contributed by atoms with Crippen LogP contribution in [0.25, 0.3) is 11.0 Å². The molecule has 3 aromatic carbocycles. The lowest BCUT2D eigenvalue weighted by molar-refractivity contribution is 0.0971. The Labute approximate surface area is 205 Å². The molecule has 0 N–H and O–H groups in total. The maximum Gasteiger partial charge on any atom is 0.295 e. The van der Waals surface area contributed by atoms with Crippen LogP contribution < -0.4 is 15.1 Å². The lowest BCUT2D eigenvalue weighted by Gasteiger charge is -2.26. The van der Waals surface area contributed by atoms with Crippen LogP contribution in [0.15, 0.2) is 75.9 Å². The van der Waals surface area contributed by atoms with Crippen molar-refractivity contribution in [2.75, 3.05) is 11.5 Å². The number of carbonyl (C=O) groups excluding carboxylic acids is 1. The fourth-order valence-corrected chi connectivity index (χ4v) is 4.70. The minimum absolute atomic E-state index is 0.0104. The van der Waals surface area contributed by atoms with Gasteiger partial charge in [-0.05, 0) is 66.8 Å². The third kappa shape index (κ3) is 3.91. The molecule has 1 aliphatic rings. The summed E-state index contributed by atoms with van der Waals surface area (Å²) in [5.74, 6) is 0.501. The van der Waals surface area contributed by atoms with Crippen molar-refractivity contribution in [3.8, 4) is 5.75 Å². The predicted octanol–water partition coefficient (Wildman–Crippen LogP) is 6.55. The Balaban J connectivity index is 1.72. The summed E-state index contributed by atoms with van der Waals surface area (Å²) >= 11 is 0. The molecular formula is C30H29NO4. The summed E-state index contributed by atoms with van der Waals surface area (Å²) in [5, 5.41) is 0.487. The highest BCUT2D eigenvalue weighted by molar-refractivity contribution is 6.10. The van der Waals surface area contributed by atoms with Gasteiger partial charge in [0.2, 0.25) is 5.76 Å². The number of hydrogen-bond acceptors (Lipinski definition) is 4. The molecule has 1 atom stereocenters. The monoisotopic (exact) mass is 467 g/mol. The van der Waals surface area contributed by atoms with Gasteiger partial charge in [-0.25, -0.2) is 0 Å². The Morgan fingerprint density at radius 1 is 0.943 bits per heavy atom. The molecule has 1 unspecified atom stereocenters. The van der Waals surface area contributed by atoms with Crippen LogP contribution in [0.2, 0.25) is 0 Å². The molecule has 0 radical (unpaired) electrons. The minimum atomic E-state index is -0.592. The zero-order chi connectivity index (χ0) is 24.9. The smallest absolute Gasteiger partial charge is 0.295 e. The van der Waals surface area contributed by atoms with Crippen molar-refractivity contribution in [3.05, 3.63) is 105 Å². The van der Waals surface area contributed by atoms with Crippen LogP contribution in [-0.2, 0) is 5.41 Å². The second-order valence-electron chi connectivity index (χ2n) is 10.1. The van der Waals surface area contributed by atoms with Crippen LogP contribution in [0.5, 0.6) is 5.75 Å². The Kier molecular flexibility index (Phi) is 5.51. The summed E-state index contributed by atoms with van der Waals surface area (Å²) in [6, 6.07) is 20.4. The number of aryl methyl sites for hydroxylation is 1. The van der Waals surface area contributed by atoms with Crippen molar-refractivity contribution in [2.45, 2.75) is 46.1 Å². The molecule has 0 saturated heterocycles. The summed E-state index contributed by atoms with van der Waals surface area (Å²) < 4.78 is 11.7. The highest BCUT2D eigenvalue weighted by Crippen LogP contribution is 2.42. The molecule has 1 amide bonds. The maximum absolute atomic E-state index is 13.8. The second kappa shape index (κ2) is 8.42. The zero-order valence-electron chi connectivity index (χ0n) is 20.7. The van der Waals surface area contributed by atoms with Crippen LogP contribution in [0.1, 0.15) is 66.5 Å². The molecule has 5 rings (SSSR count). The van der Waals surface area contributed by atoms with Crippen LogP contribution >= 0.6 is 0 Å². The highest BCUT2D eigenvalue weighted by atomic mass is 16.5. The van der Waals surface area contributed by atoms with E-state index in [9.17, 15) is 9.59 Å². The summed E-state index contributed by atoms with van der Waals surface area (Å²) in [4.78, 5) is 29.2. The molecule has 178 valence electrons. The van der Waals surface area contributed by atoms with E-state index in [0.717, 1.165) is 16.9 Å². The maximum atomic E-state index is 13.8. The molecular weight excluding hydrogens is 438 g/mol. The molecule has 0 aliphatic carbocycles. The van der Waals surface area contributed by atoms with Gasteiger partial charge in [-0.1, -0.05) is 56.7 Å². The molecule has 0 fully saturated rings. The zero-order valence-corrected chi connectivity index (χ0v) is 20.7. The Hall–Kier alpha value is -3.86. The van der Waals surface area contributed by atoms with Gasteiger partial charge in [0, 0.05) is 5.69 Å². The van der Waals surface area contributed by atoms with Gasteiger partial charge < -0.3 is 9.15 Å². The van der Waals surface area contributed by atoms with Gasteiger partial charge in [0.15, 0.2) is 5.43 Å². The van der Waals surface area contributed by atoms with E-state index in [2.05, 4.69) is 32.9 Å². The summed E-state index contributed by atoms with van der Waals surface area (Å²) in [5.41, 5.74) is 4.30. The summed E-state index contributed by atoms with van der Waals surface area (Å²) in [6.07, 6.45) is 0. The average Bonchev–Trinajstić information content (AvgIpc) is 3.12.